The van der Waals surface area contributed by atoms with Crippen LogP contribution in [0.4, 0.5) is 0 Å². The van der Waals surface area contributed by atoms with Gasteiger partial charge in [0.25, 0.3) is 0 Å². The van der Waals surface area contributed by atoms with Gasteiger partial charge in [-0.05, 0) is 47.6 Å². The molecule has 2 heterocycles. The lowest BCUT2D eigenvalue weighted by Gasteiger charge is -2.14. The lowest BCUT2D eigenvalue weighted by Crippen LogP contribution is -2.19. The van der Waals surface area contributed by atoms with E-state index in [1.165, 1.54) is 17.7 Å². The monoisotopic (exact) mass is 251 g/mol. The molecule has 1 aliphatic rings. The molecule has 0 radical (unpaired) electrons. The van der Waals surface area contributed by atoms with E-state index < -0.39 is 0 Å². The fourth-order valence-corrected chi connectivity index (χ4v) is 2.87. The molecular weight excluding hydrogens is 226 g/mol. The van der Waals surface area contributed by atoms with Crippen molar-refractivity contribution in [1.82, 2.24) is 15.1 Å². The SMILES string of the molecule is CNC(C)c1c(C)nn(CC2CCC(C)O2)c1C. The summed E-state index contributed by atoms with van der Waals surface area (Å²) in [6, 6.07) is 0.349. The molecular formula is C14H25N3O. The fraction of sp³-hybridized carbons (Fsp3) is 0.786. The first-order valence-corrected chi connectivity index (χ1v) is 6.89. The number of nitrogens with zero attached hydrogens (tertiary/aromatic N) is 2. The Balaban J connectivity index is 2.14. The predicted molar refractivity (Wildman–Crippen MR) is 72.7 cm³/mol. The van der Waals surface area contributed by atoms with Gasteiger partial charge in [0.1, 0.15) is 0 Å². The summed E-state index contributed by atoms with van der Waals surface area (Å²) in [7, 11) is 1.99. The van der Waals surface area contributed by atoms with Crippen LogP contribution < -0.4 is 5.32 Å². The average Bonchev–Trinajstić information content (AvgIpc) is 2.84. The molecule has 1 fully saturated rings. The van der Waals surface area contributed by atoms with E-state index in [1.54, 1.807) is 0 Å². The van der Waals surface area contributed by atoms with Crippen LogP contribution in [0.25, 0.3) is 0 Å². The standard InChI is InChI=1S/C14H25N3O/c1-9-6-7-13(18-9)8-17-12(4)14(10(2)15-5)11(3)16-17/h9-10,13,15H,6-8H2,1-5H3. The summed E-state index contributed by atoms with van der Waals surface area (Å²) in [4.78, 5) is 0. The Kier molecular flexibility index (Phi) is 4.07. The molecule has 3 atom stereocenters. The lowest BCUT2D eigenvalue weighted by molar-refractivity contribution is 0.0432. The highest BCUT2D eigenvalue weighted by atomic mass is 16.5. The zero-order chi connectivity index (χ0) is 13.3. The Morgan fingerprint density at radius 3 is 2.72 bits per heavy atom. The Labute approximate surface area is 110 Å². The molecule has 102 valence electrons. The van der Waals surface area contributed by atoms with Gasteiger partial charge in [-0.2, -0.15) is 5.10 Å². The van der Waals surface area contributed by atoms with Gasteiger partial charge >= 0.3 is 0 Å². The number of aryl methyl sites for hydroxylation is 1. The van der Waals surface area contributed by atoms with Gasteiger partial charge in [0.05, 0.1) is 24.4 Å². The second-order valence-corrected chi connectivity index (χ2v) is 5.42. The van der Waals surface area contributed by atoms with Crippen molar-refractivity contribution in [2.24, 2.45) is 0 Å². The first-order chi connectivity index (χ1) is 8.52. The predicted octanol–water partition coefficient (Wildman–Crippen LogP) is 2.35. The molecule has 4 heteroatoms. The summed E-state index contributed by atoms with van der Waals surface area (Å²) in [6.45, 7) is 9.45. The molecule has 1 N–H and O–H groups in total. The fourth-order valence-electron chi connectivity index (χ4n) is 2.87. The van der Waals surface area contributed by atoms with Gasteiger partial charge in [-0.1, -0.05) is 0 Å². The molecule has 0 saturated carbocycles. The first kappa shape index (κ1) is 13.6. The number of rotatable bonds is 4. The van der Waals surface area contributed by atoms with E-state index in [1.807, 2.05) is 7.05 Å². The third-order valence-electron chi connectivity index (χ3n) is 4.00. The van der Waals surface area contributed by atoms with Crippen LogP contribution in [0.3, 0.4) is 0 Å². The molecule has 1 aromatic heterocycles. The molecule has 3 unspecified atom stereocenters. The van der Waals surface area contributed by atoms with Crippen LogP contribution in [0.5, 0.6) is 0 Å². The molecule has 0 spiro atoms. The molecule has 0 amide bonds. The summed E-state index contributed by atoms with van der Waals surface area (Å²) >= 11 is 0. The lowest BCUT2D eigenvalue weighted by atomic mass is 10.1. The van der Waals surface area contributed by atoms with Crippen molar-refractivity contribution in [3.05, 3.63) is 17.0 Å². The van der Waals surface area contributed by atoms with Crippen LogP contribution in [0.2, 0.25) is 0 Å². The molecule has 1 saturated heterocycles. The van der Waals surface area contributed by atoms with E-state index in [2.05, 4.69) is 42.8 Å². The zero-order valence-electron chi connectivity index (χ0n) is 12.2. The van der Waals surface area contributed by atoms with Crippen LogP contribution in [0, 0.1) is 13.8 Å². The van der Waals surface area contributed by atoms with Crippen LogP contribution in [0.1, 0.15) is 49.7 Å². The molecule has 0 bridgehead atoms. The molecule has 4 nitrogen and oxygen atoms in total. The van der Waals surface area contributed by atoms with E-state index in [9.17, 15) is 0 Å². The number of hydrogen-bond acceptors (Lipinski definition) is 3. The van der Waals surface area contributed by atoms with Gasteiger partial charge in [0.15, 0.2) is 0 Å². The van der Waals surface area contributed by atoms with Gasteiger partial charge in [-0.3, -0.25) is 4.68 Å². The van der Waals surface area contributed by atoms with Crippen molar-refractivity contribution >= 4 is 0 Å². The summed E-state index contributed by atoms with van der Waals surface area (Å²) in [5.41, 5.74) is 3.71. The normalized spacial score (nSPS) is 25.6. The molecule has 1 aromatic rings. The van der Waals surface area contributed by atoms with Gasteiger partial charge < -0.3 is 10.1 Å². The smallest absolute Gasteiger partial charge is 0.0775 e. The molecule has 2 rings (SSSR count). The van der Waals surface area contributed by atoms with E-state index in [-0.39, 0.29) is 0 Å². The van der Waals surface area contributed by atoms with E-state index in [0.29, 0.717) is 18.2 Å². The van der Waals surface area contributed by atoms with Gasteiger partial charge in [0.2, 0.25) is 0 Å². The summed E-state index contributed by atoms with van der Waals surface area (Å²) in [5.74, 6) is 0. The number of ether oxygens (including phenoxy) is 1. The van der Waals surface area contributed by atoms with Crippen LogP contribution in [-0.4, -0.2) is 29.0 Å². The number of nitrogens with one attached hydrogen (secondary N) is 1. The highest BCUT2D eigenvalue weighted by Crippen LogP contribution is 2.24. The Morgan fingerprint density at radius 1 is 1.44 bits per heavy atom. The average molecular weight is 251 g/mol. The third-order valence-corrected chi connectivity index (χ3v) is 4.00. The van der Waals surface area contributed by atoms with Crippen LogP contribution >= 0.6 is 0 Å². The quantitative estimate of drug-likeness (QED) is 0.893. The second-order valence-electron chi connectivity index (χ2n) is 5.42. The minimum absolute atomic E-state index is 0.329. The van der Waals surface area contributed by atoms with E-state index in [0.717, 1.165) is 18.7 Å². The van der Waals surface area contributed by atoms with Crippen LogP contribution in [0.15, 0.2) is 0 Å². The number of aromatic nitrogens is 2. The van der Waals surface area contributed by atoms with Gasteiger partial charge in [-0.15, -0.1) is 0 Å². The summed E-state index contributed by atoms with van der Waals surface area (Å²) < 4.78 is 7.99. The molecule has 0 aliphatic carbocycles. The summed E-state index contributed by atoms with van der Waals surface area (Å²) in [6.07, 6.45) is 3.05. The van der Waals surface area contributed by atoms with Gasteiger partial charge in [0, 0.05) is 17.3 Å². The Bertz CT molecular complexity index is 413. The Morgan fingerprint density at radius 2 is 2.17 bits per heavy atom. The topological polar surface area (TPSA) is 39.1 Å². The van der Waals surface area contributed by atoms with Crippen molar-refractivity contribution in [3.8, 4) is 0 Å². The van der Waals surface area contributed by atoms with Crippen molar-refractivity contribution in [1.29, 1.82) is 0 Å². The maximum Gasteiger partial charge on any atom is 0.0775 e. The van der Waals surface area contributed by atoms with E-state index >= 15 is 0 Å². The summed E-state index contributed by atoms with van der Waals surface area (Å²) in [5, 5.41) is 7.96. The van der Waals surface area contributed by atoms with Gasteiger partial charge in [-0.25, -0.2) is 0 Å². The maximum absolute atomic E-state index is 5.88. The highest BCUT2D eigenvalue weighted by molar-refractivity contribution is 5.27. The van der Waals surface area contributed by atoms with Crippen LogP contribution in [-0.2, 0) is 11.3 Å². The second kappa shape index (κ2) is 5.41. The van der Waals surface area contributed by atoms with Crippen molar-refractivity contribution in [2.45, 2.75) is 65.3 Å². The molecule has 0 aromatic carbocycles. The van der Waals surface area contributed by atoms with Crippen molar-refractivity contribution in [3.63, 3.8) is 0 Å². The minimum atomic E-state index is 0.329. The minimum Gasteiger partial charge on any atom is -0.373 e. The number of hydrogen-bond donors (Lipinski definition) is 1. The first-order valence-electron chi connectivity index (χ1n) is 6.89. The Hall–Kier alpha value is -0.870. The largest absolute Gasteiger partial charge is 0.373 e. The highest BCUT2D eigenvalue weighted by Gasteiger charge is 2.24. The third kappa shape index (κ3) is 2.59. The van der Waals surface area contributed by atoms with Crippen molar-refractivity contribution < 1.29 is 4.74 Å². The maximum atomic E-state index is 5.88. The van der Waals surface area contributed by atoms with E-state index in [4.69, 9.17) is 4.74 Å². The zero-order valence-corrected chi connectivity index (χ0v) is 12.2. The van der Waals surface area contributed by atoms with Crippen molar-refractivity contribution in [2.75, 3.05) is 7.05 Å². The molecule has 1 aliphatic heterocycles. The molecule has 18 heavy (non-hydrogen) atoms.